The molecule has 2 aliphatic carbocycles. The molecule has 4 heteroatoms. The number of rotatable bonds is 8. The maximum atomic E-state index is 4.76. The highest BCUT2D eigenvalue weighted by Crippen LogP contribution is 2.46. The van der Waals surface area contributed by atoms with Crippen LogP contribution in [-0.2, 0) is 31.4 Å². The summed E-state index contributed by atoms with van der Waals surface area (Å²) in [5.74, 6) is 0.792. The molecule has 0 saturated heterocycles. The first-order valence-electron chi connectivity index (χ1n) is 19.9. The molecular formula is C52H47N3S. The number of hydrogen-bond acceptors (Lipinski definition) is 3. The first-order chi connectivity index (χ1) is 27.6. The highest BCUT2D eigenvalue weighted by atomic mass is 32.2. The third-order valence-electron chi connectivity index (χ3n) is 11.5. The van der Waals surface area contributed by atoms with Crippen molar-refractivity contribution in [3.63, 3.8) is 0 Å². The molecule has 56 heavy (non-hydrogen) atoms. The molecule has 3 aliphatic rings. The van der Waals surface area contributed by atoms with Gasteiger partial charge in [-0.05, 0) is 140 Å². The summed E-state index contributed by atoms with van der Waals surface area (Å²) in [6.07, 6.45) is 21.3. The third kappa shape index (κ3) is 6.84. The second kappa shape index (κ2) is 15.7. The number of benzene rings is 5. The van der Waals surface area contributed by atoms with E-state index in [-0.39, 0.29) is 0 Å². The molecule has 9 rings (SSSR count). The van der Waals surface area contributed by atoms with Crippen molar-refractivity contribution in [3.8, 4) is 27.9 Å². The van der Waals surface area contributed by atoms with Crippen LogP contribution in [0.3, 0.4) is 0 Å². The second-order valence-electron chi connectivity index (χ2n) is 15.1. The molecule has 0 N–H and O–H groups in total. The quantitative estimate of drug-likeness (QED) is 0.114. The van der Waals surface area contributed by atoms with E-state index in [1.54, 1.807) is 11.1 Å². The van der Waals surface area contributed by atoms with Gasteiger partial charge in [-0.15, -0.1) is 11.8 Å². The summed E-state index contributed by atoms with van der Waals surface area (Å²) in [4.78, 5) is 8.17. The van der Waals surface area contributed by atoms with Crippen LogP contribution in [-0.4, -0.2) is 11.3 Å². The largest absolute Gasteiger partial charge is 0.314 e. The summed E-state index contributed by atoms with van der Waals surface area (Å²) >= 11 is 1.85. The SMILES string of the molecule is C=Nc1c(-c2ccc(C)cc2)ccc(-c2ccc(-n3c4c(c5c3CCCC5)CCC=C4)cc2)c1SCc1ccc2c(c1)C/C=C\C=C/C(=C)N2c1ccccc1. The lowest BCUT2D eigenvalue weighted by Gasteiger charge is -2.28. The van der Waals surface area contributed by atoms with Gasteiger partial charge in [-0.2, -0.15) is 0 Å². The average Bonchev–Trinajstić information content (AvgIpc) is 3.61. The lowest BCUT2D eigenvalue weighted by molar-refractivity contribution is 0.660. The number of aliphatic imine (C=N–C) groups is 1. The Morgan fingerprint density at radius 1 is 0.714 bits per heavy atom. The molecule has 3 nitrogen and oxygen atoms in total. The lowest BCUT2D eigenvalue weighted by atomic mass is 9.91. The van der Waals surface area contributed by atoms with Crippen molar-refractivity contribution >= 4 is 41.6 Å². The van der Waals surface area contributed by atoms with Gasteiger partial charge in [0.1, 0.15) is 0 Å². The van der Waals surface area contributed by atoms with Crippen LogP contribution in [0.5, 0.6) is 0 Å². The highest BCUT2D eigenvalue weighted by Gasteiger charge is 2.26. The molecule has 5 aromatic carbocycles. The Morgan fingerprint density at radius 3 is 2.30 bits per heavy atom. The van der Waals surface area contributed by atoms with Crippen LogP contribution in [0, 0.1) is 6.92 Å². The van der Waals surface area contributed by atoms with Crippen molar-refractivity contribution in [1.82, 2.24) is 4.57 Å². The van der Waals surface area contributed by atoms with E-state index in [4.69, 9.17) is 4.99 Å². The van der Waals surface area contributed by atoms with E-state index in [1.165, 1.54) is 64.2 Å². The number of para-hydroxylation sites is 1. The summed E-state index contributed by atoms with van der Waals surface area (Å²) < 4.78 is 2.55. The molecule has 6 aromatic rings. The van der Waals surface area contributed by atoms with Gasteiger partial charge in [0.05, 0.1) is 5.69 Å². The fourth-order valence-corrected chi connectivity index (χ4v) is 9.89. The van der Waals surface area contributed by atoms with Gasteiger partial charge < -0.3 is 9.47 Å². The molecule has 276 valence electrons. The zero-order chi connectivity index (χ0) is 38.0. The monoisotopic (exact) mass is 745 g/mol. The van der Waals surface area contributed by atoms with Gasteiger partial charge >= 0.3 is 0 Å². The predicted octanol–water partition coefficient (Wildman–Crippen LogP) is 13.9. The van der Waals surface area contributed by atoms with Crippen molar-refractivity contribution in [1.29, 1.82) is 0 Å². The Balaban J connectivity index is 1.10. The van der Waals surface area contributed by atoms with E-state index >= 15 is 0 Å². The van der Waals surface area contributed by atoms with E-state index in [2.05, 4.69) is 175 Å². The number of fused-ring (bicyclic) bond motifs is 4. The molecule has 0 radical (unpaired) electrons. The van der Waals surface area contributed by atoms with E-state index in [0.29, 0.717) is 0 Å². The van der Waals surface area contributed by atoms with Crippen LogP contribution in [0.25, 0.3) is 34.0 Å². The van der Waals surface area contributed by atoms with Crippen molar-refractivity contribution in [2.24, 2.45) is 4.99 Å². The standard InChI is InChI=1S/C52H47N3S/c1-36-22-25-39(26-23-36)44-31-32-45(40-27-29-43(30-28-40)55-49-20-12-10-18-46(49)47-19-11-13-21-50(47)55)52(51(44)53-3)56-35-38-24-33-48-41(34-38)15-7-4-6-14-37(2)54(48)42-16-8-5-9-17-42/h4-9,12,14,16-17,20,22-34H,2-3,10-11,13,15,18-19,21,35H2,1H3/b7-4-,14-6-. The molecule has 2 heterocycles. The normalized spacial score (nSPS) is 15.9. The molecule has 1 aromatic heterocycles. The number of anilines is 2. The zero-order valence-electron chi connectivity index (χ0n) is 32.2. The molecular weight excluding hydrogens is 699 g/mol. The molecule has 1 aliphatic heterocycles. The smallest absolute Gasteiger partial charge is 0.0842 e. The van der Waals surface area contributed by atoms with E-state index in [1.807, 2.05) is 11.8 Å². The predicted molar refractivity (Wildman–Crippen MR) is 240 cm³/mol. The topological polar surface area (TPSA) is 20.5 Å². The molecule has 0 bridgehead atoms. The van der Waals surface area contributed by atoms with Gasteiger partial charge in [-0.25, -0.2) is 0 Å². The summed E-state index contributed by atoms with van der Waals surface area (Å²) in [6.45, 7) is 10.7. The molecule has 0 fully saturated rings. The number of aryl methyl sites for hydroxylation is 1. The van der Waals surface area contributed by atoms with Crippen LogP contribution in [0.4, 0.5) is 17.1 Å². The lowest BCUT2D eigenvalue weighted by Crippen LogP contribution is -2.16. The van der Waals surface area contributed by atoms with Gasteiger partial charge in [-0.3, -0.25) is 4.99 Å². The number of allylic oxidation sites excluding steroid dienone is 5. The van der Waals surface area contributed by atoms with Crippen molar-refractivity contribution in [2.45, 2.75) is 62.5 Å². The van der Waals surface area contributed by atoms with Gasteiger partial charge in [0, 0.05) is 50.4 Å². The Kier molecular flexibility index (Phi) is 10.1. The Bertz CT molecular complexity index is 2530. The first-order valence-corrected chi connectivity index (χ1v) is 20.9. The summed E-state index contributed by atoms with van der Waals surface area (Å²) in [7, 11) is 0. The second-order valence-corrected chi connectivity index (χ2v) is 16.1. The van der Waals surface area contributed by atoms with E-state index in [9.17, 15) is 0 Å². The Morgan fingerprint density at radius 2 is 1.48 bits per heavy atom. The van der Waals surface area contributed by atoms with Gasteiger partial charge in [0.25, 0.3) is 0 Å². The van der Waals surface area contributed by atoms with Crippen LogP contribution >= 0.6 is 11.8 Å². The summed E-state index contributed by atoms with van der Waals surface area (Å²) in [5.41, 5.74) is 19.9. The van der Waals surface area contributed by atoms with E-state index in [0.717, 1.165) is 70.2 Å². The summed E-state index contributed by atoms with van der Waals surface area (Å²) in [6, 6.07) is 39.9. The molecule has 0 amide bonds. The number of nitrogens with zero attached hydrogens (tertiary/aromatic N) is 3. The van der Waals surface area contributed by atoms with Gasteiger partial charge in [0.15, 0.2) is 0 Å². The highest BCUT2D eigenvalue weighted by molar-refractivity contribution is 7.98. The fraction of sp³-hybridized carbons (Fsp3) is 0.173. The minimum Gasteiger partial charge on any atom is -0.314 e. The first kappa shape index (κ1) is 35.8. The number of aromatic nitrogens is 1. The summed E-state index contributed by atoms with van der Waals surface area (Å²) in [5, 5.41) is 0. The third-order valence-corrected chi connectivity index (χ3v) is 12.7. The van der Waals surface area contributed by atoms with Crippen LogP contribution in [0.15, 0.2) is 162 Å². The fourth-order valence-electron chi connectivity index (χ4n) is 8.74. The molecule has 0 spiro atoms. The molecule has 0 saturated carbocycles. The Labute approximate surface area is 336 Å². The van der Waals surface area contributed by atoms with Gasteiger partial charge in [0.2, 0.25) is 0 Å². The van der Waals surface area contributed by atoms with Crippen molar-refractivity contribution < 1.29 is 0 Å². The maximum Gasteiger partial charge on any atom is 0.0842 e. The van der Waals surface area contributed by atoms with Crippen LogP contribution in [0.2, 0.25) is 0 Å². The molecule has 0 atom stereocenters. The number of hydrogen-bond donors (Lipinski definition) is 0. The average molecular weight is 746 g/mol. The Hall–Kier alpha value is -5.84. The van der Waals surface area contributed by atoms with Gasteiger partial charge in [-0.1, -0.05) is 115 Å². The zero-order valence-corrected chi connectivity index (χ0v) is 33.0. The maximum absolute atomic E-state index is 4.76. The van der Waals surface area contributed by atoms with Crippen LogP contribution < -0.4 is 4.90 Å². The molecule has 0 unspecified atom stereocenters. The number of thioether (sulfide) groups is 1. The van der Waals surface area contributed by atoms with Crippen LogP contribution in [0.1, 0.15) is 58.5 Å². The van der Waals surface area contributed by atoms with Crippen molar-refractivity contribution in [2.75, 3.05) is 4.90 Å². The minimum absolute atomic E-state index is 0.792. The van der Waals surface area contributed by atoms with E-state index < -0.39 is 0 Å². The van der Waals surface area contributed by atoms with Crippen molar-refractivity contribution in [3.05, 3.63) is 191 Å². The minimum atomic E-state index is 0.792.